The summed E-state index contributed by atoms with van der Waals surface area (Å²) in [7, 11) is -3.94. The molecule has 0 radical (unpaired) electrons. The predicted molar refractivity (Wildman–Crippen MR) is 87.1 cm³/mol. The van der Waals surface area contributed by atoms with Gasteiger partial charge in [-0.2, -0.15) is 5.10 Å². The Morgan fingerprint density at radius 1 is 1.33 bits per heavy atom. The monoisotopic (exact) mass is 349 g/mol. The highest BCUT2D eigenvalue weighted by Crippen LogP contribution is 2.31. The molecule has 0 saturated carbocycles. The summed E-state index contributed by atoms with van der Waals surface area (Å²) in [4.78, 5) is 11.9. The van der Waals surface area contributed by atoms with Crippen LogP contribution in [0.3, 0.4) is 0 Å². The van der Waals surface area contributed by atoms with Crippen molar-refractivity contribution in [1.82, 2.24) is 14.9 Å². The molecule has 7 nitrogen and oxygen atoms in total. The van der Waals surface area contributed by atoms with Crippen LogP contribution in [0.1, 0.15) is 35.3 Å². The van der Waals surface area contributed by atoms with Gasteiger partial charge in [0.05, 0.1) is 12.8 Å². The molecule has 0 fully saturated rings. The average Bonchev–Trinajstić information content (AvgIpc) is 3.10. The Kier molecular flexibility index (Phi) is 4.18. The average molecular weight is 349 g/mol. The van der Waals surface area contributed by atoms with E-state index in [2.05, 4.69) is 14.9 Å². The van der Waals surface area contributed by atoms with E-state index in [4.69, 9.17) is 4.74 Å². The molecule has 0 bridgehead atoms. The van der Waals surface area contributed by atoms with Crippen molar-refractivity contribution in [3.63, 3.8) is 0 Å². The van der Waals surface area contributed by atoms with Crippen molar-refractivity contribution >= 4 is 16.0 Å². The Hall–Kier alpha value is -2.19. The smallest absolute Gasteiger partial charge is 0.342 e. The largest absolute Gasteiger partial charge is 0.462 e. The lowest BCUT2D eigenvalue weighted by Crippen LogP contribution is -2.47. The van der Waals surface area contributed by atoms with Gasteiger partial charge >= 0.3 is 5.97 Å². The van der Waals surface area contributed by atoms with E-state index in [9.17, 15) is 13.2 Å². The van der Waals surface area contributed by atoms with Crippen molar-refractivity contribution in [1.29, 1.82) is 0 Å². The number of esters is 1. The van der Waals surface area contributed by atoms with Gasteiger partial charge in [-0.15, -0.1) is 0 Å². The molecule has 0 amide bonds. The highest BCUT2D eigenvalue weighted by Gasteiger charge is 2.38. The van der Waals surface area contributed by atoms with Crippen LogP contribution < -0.4 is 4.72 Å². The molecule has 8 heteroatoms. The molecule has 1 aliphatic carbocycles. The van der Waals surface area contributed by atoms with E-state index >= 15 is 0 Å². The second-order valence-corrected chi connectivity index (χ2v) is 7.74. The highest BCUT2D eigenvalue weighted by atomic mass is 32.2. The van der Waals surface area contributed by atoms with Gasteiger partial charge in [0.2, 0.25) is 0 Å². The van der Waals surface area contributed by atoms with Gasteiger partial charge in [0.25, 0.3) is 10.0 Å². The molecule has 2 aromatic rings. The normalized spacial score (nSPS) is 15.9. The van der Waals surface area contributed by atoms with Crippen LogP contribution in [-0.2, 0) is 27.6 Å². The summed E-state index contributed by atoms with van der Waals surface area (Å²) in [6, 6.07) is 7.86. The number of aromatic amines is 1. The number of hydrogen-bond donors (Lipinski definition) is 2. The van der Waals surface area contributed by atoms with Crippen LogP contribution in [-0.4, -0.2) is 36.7 Å². The Labute approximate surface area is 140 Å². The summed E-state index contributed by atoms with van der Waals surface area (Å²) < 4.78 is 33.1. The number of rotatable bonds is 5. The lowest BCUT2D eigenvalue weighted by molar-refractivity contribution is 0.0521. The van der Waals surface area contributed by atoms with Crippen LogP contribution >= 0.6 is 0 Å². The molecule has 0 aliphatic heterocycles. The predicted octanol–water partition coefficient (Wildman–Crippen LogP) is 1.42. The summed E-state index contributed by atoms with van der Waals surface area (Å²) in [6.45, 7) is 3.66. The van der Waals surface area contributed by atoms with Gasteiger partial charge in [0.15, 0.2) is 5.03 Å². The molecule has 0 atom stereocenters. The number of hydrogen-bond acceptors (Lipinski definition) is 5. The Bertz CT molecular complexity index is 848. The molecule has 1 heterocycles. The van der Waals surface area contributed by atoms with Crippen molar-refractivity contribution in [2.45, 2.75) is 37.3 Å². The number of nitrogens with zero attached hydrogens (tertiary/aromatic N) is 1. The number of ether oxygens (including phenoxy) is 1. The topological polar surface area (TPSA) is 101 Å². The molecule has 0 unspecified atom stereocenters. The molecular weight excluding hydrogens is 330 g/mol. The summed E-state index contributed by atoms with van der Waals surface area (Å²) in [5, 5.41) is 5.81. The minimum absolute atomic E-state index is 0.0940. The van der Waals surface area contributed by atoms with Crippen molar-refractivity contribution < 1.29 is 17.9 Å². The Morgan fingerprint density at radius 2 is 1.96 bits per heavy atom. The number of fused-ring (bicyclic) bond motifs is 1. The summed E-state index contributed by atoms with van der Waals surface area (Å²) in [5.41, 5.74) is 1.50. The number of carbonyl (C=O) groups is 1. The third kappa shape index (κ3) is 3.07. The first-order chi connectivity index (χ1) is 11.3. The zero-order valence-corrected chi connectivity index (χ0v) is 14.3. The first kappa shape index (κ1) is 16.7. The van der Waals surface area contributed by atoms with E-state index in [0.29, 0.717) is 12.8 Å². The van der Waals surface area contributed by atoms with Crippen LogP contribution in [0.2, 0.25) is 0 Å². The van der Waals surface area contributed by atoms with Gasteiger partial charge in [-0.05, 0) is 37.8 Å². The van der Waals surface area contributed by atoms with Gasteiger partial charge in [0, 0.05) is 5.54 Å². The lowest BCUT2D eigenvalue weighted by atomic mass is 10.0. The summed E-state index contributed by atoms with van der Waals surface area (Å²) >= 11 is 0. The molecule has 1 aromatic heterocycles. The number of sulfonamides is 1. The Morgan fingerprint density at radius 3 is 2.54 bits per heavy atom. The van der Waals surface area contributed by atoms with Gasteiger partial charge in [-0.3, -0.25) is 5.10 Å². The van der Waals surface area contributed by atoms with Crippen LogP contribution in [0.15, 0.2) is 35.5 Å². The first-order valence-electron chi connectivity index (χ1n) is 7.66. The zero-order valence-electron chi connectivity index (χ0n) is 13.5. The van der Waals surface area contributed by atoms with Crippen molar-refractivity contribution in [2.24, 2.45) is 0 Å². The first-order valence-corrected chi connectivity index (χ1v) is 9.14. The number of carbonyl (C=O) groups excluding carboxylic acids is 1. The van der Waals surface area contributed by atoms with E-state index in [1.54, 1.807) is 6.92 Å². The molecule has 1 aromatic carbocycles. The third-order valence-corrected chi connectivity index (χ3v) is 5.64. The molecule has 3 rings (SSSR count). The van der Waals surface area contributed by atoms with E-state index in [0.717, 1.165) is 17.3 Å². The lowest BCUT2D eigenvalue weighted by Gasteiger charge is -2.24. The molecular formula is C16H19N3O4S. The van der Waals surface area contributed by atoms with E-state index in [1.807, 2.05) is 31.2 Å². The number of nitrogens with one attached hydrogen (secondary N) is 2. The maximum absolute atomic E-state index is 12.7. The molecule has 0 saturated heterocycles. The molecule has 1 aliphatic rings. The minimum Gasteiger partial charge on any atom is -0.462 e. The van der Waals surface area contributed by atoms with Gasteiger partial charge in [-0.25, -0.2) is 17.9 Å². The SMILES string of the molecule is CCOC(=O)c1cn[nH]c1S(=O)(=O)NC1(C)Cc2ccccc2C1. The van der Waals surface area contributed by atoms with Crippen LogP contribution in [0.25, 0.3) is 0 Å². The second kappa shape index (κ2) is 6.03. The van der Waals surface area contributed by atoms with E-state index < -0.39 is 21.5 Å². The number of aromatic nitrogens is 2. The van der Waals surface area contributed by atoms with Gasteiger partial charge in [0.1, 0.15) is 5.56 Å². The standard InChI is InChI=1S/C16H19N3O4S/c1-3-23-15(20)13-10-17-18-14(13)24(21,22)19-16(2)8-11-6-4-5-7-12(11)9-16/h4-7,10,19H,3,8-9H2,1-2H3,(H,17,18). The Balaban J connectivity index is 1.86. The van der Waals surface area contributed by atoms with Crippen molar-refractivity contribution in [2.75, 3.05) is 6.61 Å². The van der Waals surface area contributed by atoms with E-state index in [1.165, 1.54) is 0 Å². The van der Waals surface area contributed by atoms with Gasteiger partial charge in [-0.1, -0.05) is 24.3 Å². The summed E-state index contributed by atoms with van der Waals surface area (Å²) in [6.07, 6.45) is 2.34. The fraction of sp³-hybridized carbons (Fsp3) is 0.375. The number of benzene rings is 1. The quantitative estimate of drug-likeness (QED) is 0.795. The van der Waals surface area contributed by atoms with Crippen molar-refractivity contribution in [3.8, 4) is 0 Å². The zero-order chi connectivity index (χ0) is 17.4. The highest BCUT2D eigenvalue weighted by molar-refractivity contribution is 7.89. The maximum atomic E-state index is 12.7. The molecule has 24 heavy (non-hydrogen) atoms. The second-order valence-electron chi connectivity index (χ2n) is 6.12. The summed E-state index contributed by atoms with van der Waals surface area (Å²) in [5.74, 6) is -0.716. The van der Waals surface area contributed by atoms with Crippen LogP contribution in [0.4, 0.5) is 0 Å². The van der Waals surface area contributed by atoms with Crippen LogP contribution in [0.5, 0.6) is 0 Å². The minimum atomic E-state index is -3.94. The van der Waals surface area contributed by atoms with Crippen molar-refractivity contribution in [3.05, 3.63) is 47.2 Å². The van der Waals surface area contributed by atoms with Crippen LogP contribution in [0, 0.1) is 0 Å². The molecule has 0 spiro atoms. The van der Waals surface area contributed by atoms with E-state index in [-0.39, 0.29) is 17.2 Å². The number of H-pyrrole nitrogens is 1. The molecule has 128 valence electrons. The molecule has 2 N–H and O–H groups in total. The fourth-order valence-electron chi connectivity index (χ4n) is 3.09. The fourth-order valence-corrected chi connectivity index (χ4v) is 4.58. The third-order valence-electron chi connectivity index (χ3n) is 4.03. The maximum Gasteiger partial charge on any atom is 0.342 e. The van der Waals surface area contributed by atoms with Gasteiger partial charge < -0.3 is 4.74 Å².